The summed E-state index contributed by atoms with van der Waals surface area (Å²) in [6.07, 6.45) is 0.708. The highest BCUT2D eigenvalue weighted by molar-refractivity contribution is 6.31. The molecule has 0 saturated heterocycles. The average molecular weight is 280 g/mol. The van der Waals surface area contributed by atoms with E-state index in [1.807, 2.05) is 42.9 Å². The van der Waals surface area contributed by atoms with Crippen LogP contribution < -0.4 is 10.5 Å². The Morgan fingerprint density at radius 2 is 2.21 bits per heavy atom. The van der Waals surface area contributed by atoms with Crippen LogP contribution in [0.3, 0.4) is 0 Å². The lowest BCUT2D eigenvalue weighted by molar-refractivity contribution is 0.292. The van der Waals surface area contributed by atoms with E-state index in [1.165, 1.54) is 0 Å². The third-order valence-electron chi connectivity index (χ3n) is 2.94. The highest BCUT2D eigenvalue weighted by Crippen LogP contribution is 2.27. The summed E-state index contributed by atoms with van der Waals surface area (Å²) in [5, 5.41) is 4.99. The molecule has 0 fully saturated rings. The maximum atomic E-state index is 6.17. The van der Waals surface area contributed by atoms with Crippen molar-refractivity contribution in [1.82, 2.24) is 9.78 Å². The zero-order valence-electron chi connectivity index (χ0n) is 11.2. The van der Waals surface area contributed by atoms with Crippen molar-refractivity contribution in [1.29, 1.82) is 0 Å². The highest BCUT2D eigenvalue weighted by atomic mass is 35.5. The molecule has 0 aliphatic rings. The fourth-order valence-corrected chi connectivity index (χ4v) is 2.27. The zero-order chi connectivity index (χ0) is 13.8. The zero-order valence-corrected chi connectivity index (χ0v) is 11.9. The number of hydrogen-bond acceptors (Lipinski definition) is 3. The van der Waals surface area contributed by atoms with Crippen LogP contribution in [0.2, 0.25) is 5.02 Å². The molecule has 1 aromatic carbocycles. The Kier molecular flexibility index (Phi) is 4.45. The first-order valence-corrected chi connectivity index (χ1v) is 6.59. The third-order valence-corrected chi connectivity index (χ3v) is 3.30. The van der Waals surface area contributed by atoms with Crippen molar-refractivity contribution in [2.24, 2.45) is 12.8 Å². The van der Waals surface area contributed by atoms with E-state index in [9.17, 15) is 0 Å². The molecule has 0 atom stereocenters. The molecule has 0 spiro atoms. The van der Waals surface area contributed by atoms with Crippen LogP contribution >= 0.6 is 11.6 Å². The molecule has 102 valence electrons. The van der Waals surface area contributed by atoms with E-state index >= 15 is 0 Å². The van der Waals surface area contributed by atoms with Crippen molar-refractivity contribution < 1.29 is 4.74 Å². The Hall–Kier alpha value is -1.52. The normalized spacial score (nSPS) is 10.7. The number of aryl methyl sites for hydroxylation is 2. The Bertz CT molecular complexity index is 566. The minimum Gasteiger partial charge on any atom is -0.487 e. The van der Waals surface area contributed by atoms with E-state index in [1.54, 1.807) is 0 Å². The van der Waals surface area contributed by atoms with E-state index in [2.05, 4.69) is 5.10 Å². The van der Waals surface area contributed by atoms with E-state index in [-0.39, 0.29) is 0 Å². The van der Waals surface area contributed by atoms with E-state index in [4.69, 9.17) is 22.1 Å². The summed E-state index contributed by atoms with van der Waals surface area (Å²) in [4.78, 5) is 0. The van der Waals surface area contributed by atoms with Gasteiger partial charge in [0.1, 0.15) is 12.4 Å². The second-order valence-corrected chi connectivity index (χ2v) is 4.85. The molecule has 0 radical (unpaired) electrons. The molecule has 0 bridgehead atoms. The van der Waals surface area contributed by atoms with Gasteiger partial charge in [-0.15, -0.1) is 0 Å². The summed E-state index contributed by atoms with van der Waals surface area (Å²) in [6.45, 7) is 2.98. The van der Waals surface area contributed by atoms with Crippen LogP contribution in [0.4, 0.5) is 0 Å². The fourth-order valence-electron chi connectivity index (χ4n) is 2.01. The summed E-state index contributed by atoms with van der Waals surface area (Å²) >= 11 is 6.17. The van der Waals surface area contributed by atoms with E-state index in [0.29, 0.717) is 24.6 Å². The first kappa shape index (κ1) is 13.9. The molecular weight excluding hydrogens is 262 g/mol. The molecule has 2 aromatic rings. The summed E-state index contributed by atoms with van der Waals surface area (Å²) in [7, 11) is 1.91. The Morgan fingerprint density at radius 3 is 2.84 bits per heavy atom. The minimum atomic E-state index is 0.468. The number of benzene rings is 1. The Morgan fingerprint density at radius 1 is 1.42 bits per heavy atom. The van der Waals surface area contributed by atoms with Gasteiger partial charge in [0.05, 0.1) is 11.4 Å². The monoisotopic (exact) mass is 279 g/mol. The number of rotatable bonds is 5. The standard InChI is InChI=1S/C14H18ClN3O/c1-10-8-11(18(2)17-10)9-19-14-5-3-4-13(15)12(14)6-7-16/h3-5,8H,6-7,9,16H2,1-2H3. The van der Waals surface area contributed by atoms with Gasteiger partial charge in [-0.25, -0.2) is 0 Å². The molecule has 1 aromatic heterocycles. The molecule has 0 unspecified atom stereocenters. The molecule has 0 amide bonds. The van der Waals surface area contributed by atoms with Crippen molar-refractivity contribution in [3.05, 3.63) is 46.2 Å². The topological polar surface area (TPSA) is 53.1 Å². The predicted molar refractivity (Wildman–Crippen MR) is 76.5 cm³/mol. The fraction of sp³-hybridized carbons (Fsp3) is 0.357. The summed E-state index contributed by atoms with van der Waals surface area (Å²) in [6, 6.07) is 7.66. The molecular formula is C14H18ClN3O. The highest BCUT2D eigenvalue weighted by Gasteiger charge is 2.09. The maximum Gasteiger partial charge on any atom is 0.130 e. The van der Waals surface area contributed by atoms with Crippen LogP contribution in [0, 0.1) is 6.92 Å². The van der Waals surface area contributed by atoms with Gasteiger partial charge in [0.15, 0.2) is 0 Å². The van der Waals surface area contributed by atoms with Gasteiger partial charge >= 0.3 is 0 Å². The quantitative estimate of drug-likeness (QED) is 0.915. The first-order chi connectivity index (χ1) is 9.11. The van der Waals surface area contributed by atoms with Gasteiger partial charge < -0.3 is 10.5 Å². The van der Waals surface area contributed by atoms with Gasteiger partial charge in [-0.2, -0.15) is 5.10 Å². The summed E-state index contributed by atoms with van der Waals surface area (Å²) in [5.74, 6) is 0.789. The molecule has 5 heteroatoms. The SMILES string of the molecule is Cc1cc(COc2cccc(Cl)c2CCN)n(C)n1. The largest absolute Gasteiger partial charge is 0.487 e. The lowest BCUT2D eigenvalue weighted by Gasteiger charge is -2.12. The van der Waals surface area contributed by atoms with Gasteiger partial charge in [-0.3, -0.25) is 4.68 Å². The van der Waals surface area contributed by atoms with Crippen molar-refractivity contribution in [2.45, 2.75) is 20.0 Å². The van der Waals surface area contributed by atoms with Crippen LogP contribution in [0.15, 0.2) is 24.3 Å². The Labute approximate surface area is 118 Å². The molecule has 0 aliphatic carbocycles. The van der Waals surface area contributed by atoms with Crippen LogP contribution in [0.5, 0.6) is 5.75 Å². The molecule has 2 rings (SSSR count). The van der Waals surface area contributed by atoms with Crippen LogP contribution in [-0.4, -0.2) is 16.3 Å². The first-order valence-electron chi connectivity index (χ1n) is 6.21. The molecule has 0 saturated carbocycles. The molecule has 19 heavy (non-hydrogen) atoms. The summed E-state index contributed by atoms with van der Waals surface area (Å²) in [5.41, 5.74) is 8.57. The Balaban J connectivity index is 2.15. The van der Waals surface area contributed by atoms with Gasteiger partial charge in [0.2, 0.25) is 0 Å². The average Bonchev–Trinajstić information content (AvgIpc) is 2.69. The predicted octanol–water partition coefficient (Wildman–Crippen LogP) is 2.46. The minimum absolute atomic E-state index is 0.468. The van der Waals surface area contributed by atoms with Gasteiger partial charge in [-0.1, -0.05) is 17.7 Å². The summed E-state index contributed by atoms with van der Waals surface area (Å²) < 4.78 is 7.67. The number of nitrogens with two attached hydrogens (primary N) is 1. The maximum absolute atomic E-state index is 6.17. The van der Waals surface area contributed by atoms with Crippen molar-refractivity contribution in [3.63, 3.8) is 0 Å². The number of halogens is 1. The lowest BCUT2D eigenvalue weighted by Crippen LogP contribution is -2.07. The number of ether oxygens (including phenoxy) is 1. The van der Waals surface area contributed by atoms with E-state index in [0.717, 1.165) is 22.7 Å². The second-order valence-electron chi connectivity index (χ2n) is 4.44. The number of hydrogen-bond donors (Lipinski definition) is 1. The van der Waals surface area contributed by atoms with Crippen LogP contribution in [0.1, 0.15) is 17.0 Å². The molecule has 4 nitrogen and oxygen atoms in total. The van der Waals surface area contributed by atoms with Gasteiger partial charge in [0.25, 0.3) is 0 Å². The third kappa shape index (κ3) is 3.28. The van der Waals surface area contributed by atoms with Crippen molar-refractivity contribution in [2.75, 3.05) is 6.54 Å². The second kappa shape index (κ2) is 6.08. The molecule has 1 heterocycles. The van der Waals surface area contributed by atoms with Crippen LogP contribution in [0.25, 0.3) is 0 Å². The van der Waals surface area contributed by atoms with Gasteiger partial charge in [-0.05, 0) is 38.1 Å². The van der Waals surface area contributed by atoms with E-state index < -0.39 is 0 Å². The number of nitrogens with zero attached hydrogens (tertiary/aromatic N) is 2. The lowest BCUT2D eigenvalue weighted by atomic mass is 10.1. The van der Waals surface area contributed by atoms with Crippen molar-refractivity contribution in [3.8, 4) is 5.75 Å². The smallest absolute Gasteiger partial charge is 0.130 e. The van der Waals surface area contributed by atoms with Gasteiger partial charge in [0, 0.05) is 17.6 Å². The molecule has 2 N–H and O–H groups in total. The molecule has 0 aliphatic heterocycles. The van der Waals surface area contributed by atoms with Crippen LogP contribution in [-0.2, 0) is 20.1 Å². The number of aromatic nitrogens is 2. The van der Waals surface area contributed by atoms with Crippen molar-refractivity contribution >= 4 is 11.6 Å².